The molecule has 41 heavy (non-hydrogen) atoms. The van der Waals surface area contributed by atoms with Crippen LogP contribution in [0.5, 0.6) is 11.5 Å². The maximum atomic E-state index is 12.6. The summed E-state index contributed by atoms with van der Waals surface area (Å²) in [6.07, 6.45) is 2.96. The van der Waals surface area contributed by atoms with Crippen LogP contribution in [0.3, 0.4) is 0 Å². The van der Waals surface area contributed by atoms with Gasteiger partial charge in [0, 0.05) is 24.7 Å². The van der Waals surface area contributed by atoms with Crippen molar-refractivity contribution >= 4 is 35.1 Å². The quantitative estimate of drug-likeness (QED) is 0.149. The minimum absolute atomic E-state index is 0.223. The molecule has 1 aliphatic carbocycles. The molecule has 1 saturated carbocycles. The van der Waals surface area contributed by atoms with Gasteiger partial charge in [-0.2, -0.15) is 15.0 Å². The summed E-state index contributed by atoms with van der Waals surface area (Å²) in [5.41, 5.74) is 9.65. The molecule has 5 rings (SSSR count). The SMILES string of the molecule is COc1ccc(CCNc2nc(NCc3ccc(C(=O)Nc4ccccc4N)cc3)nc(NC3CC3)n2)cc1OC. The van der Waals surface area contributed by atoms with E-state index in [1.165, 1.54) is 0 Å². The molecule has 1 heterocycles. The standard InChI is InChI=1S/C30H34N8O3/c1-40-25-14-9-19(17-26(25)41-2)15-16-32-28-36-29(38-30(37-28)34-22-12-13-22)33-18-20-7-10-21(11-8-20)27(39)35-24-6-4-3-5-23(24)31/h3-11,14,17,22H,12-13,15-16,18,31H2,1-2H3,(H,35,39)(H3,32,33,34,36,37,38). The molecule has 0 saturated heterocycles. The van der Waals surface area contributed by atoms with Crippen molar-refractivity contribution in [1.29, 1.82) is 0 Å². The van der Waals surface area contributed by atoms with Gasteiger partial charge in [0.2, 0.25) is 17.8 Å². The number of benzene rings is 3. The van der Waals surface area contributed by atoms with Crippen LogP contribution in [0.15, 0.2) is 66.7 Å². The third-order valence-electron chi connectivity index (χ3n) is 6.57. The predicted molar refractivity (Wildman–Crippen MR) is 161 cm³/mol. The molecule has 1 aliphatic rings. The Kier molecular flexibility index (Phi) is 8.63. The van der Waals surface area contributed by atoms with Crippen LogP contribution in [0.25, 0.3) is 0 Å². The van der Waals surface area contributed by atoms with Crippen molar-refractivity contribution in [3.05, 3.63) is 83.4 Å². The zero-order valence-electron chi connectivity index (χ0n) is 23.1. The number of nitrogens with one attached hydrogen (secondary N) is 4. The molecule has 0 bridgehead atoms. The summed E-state index contributed by atoms with van der Waals surface area (Å²) >= 11 is 0. The van der Waals surface area contributed by atoms with Gasteiger partial charge in [-0.1, -0.05) is 30.3 Å². The highest BCUT2D eigenvalue weighted by molar-refractivity contribution is 6.05. The van der Waals surface area contributed by atoms with Crippen molar-refractivity contribution < 1.29 is 14.3 Å². The fourth-order valence-corrected chi connectivity index (χ4v) is 4.12. The van der Waals surface area contributed by atoms with E-state index in [9.17, 15) is 4.79 Å². The van der Waals surface area contributed by atoms with Gasteiger partial charge in [-0.25, -0.2) is 0 Å². The van der Waals surface area contributed by atoms with Crippen LogP contribution in [-0.4, -0.2) is 47.7 Å². The lowest BCUT2D eigenvalue weighted by molar-refractivity contribution is 0.102. The van der Waals surface area contributed by atoms with E-state index < -0.39 is 0 Å². The summed E-state index contributed by atoms with van der Waals surface area (Å²) < 4.78 is 10.7. The van der Waals surface area contributed by atoms with Crippen LogP contribution in [0.1, 0.15) is 34.3 Å². The number of nitrogen functional groups attached to an aromatic ring is 1. The van der Waals surface area contributed by atoms with Gasteiger partial charge in [-0.05, 0) is 66.8 Å². The number of nitrogens with two attached hydrogens (primary N) is 1. The first-order valence-corrected chi connectivity index (χ1v) is 13.5. The van der Waals surface area contributed by atoms with Crippen molar-refractivity contribution in [3.8, 4) is 11.5 Å². The maximum Gasteiger partial charge on any atom is 0.255 e. The van der Waals surface area contributed by atoms with Gasteiger partial charge in [0.15, 0.2) is 11.5 Å². The van der Waals surface area contributed by atoms with Gasteiger partial charge in [0.05, 0.1) is 25.6 Å². The number of amides is 1. The van der Waals surface area contributed by atoms with Crippen LogP contribution >= 0.6 is 0 Å². The molecule has 1 aromatic heterocycles. The Morgan fingerprint density at radius 2 is 1.54 bits per heavy atom. The summed E-state index contributed by atoms with van der Waals surface area (Å²) in [5.74, 6) is 2.65. The van der Waals surface area contributed by atoms with E-state index in [4.69, 9.17) is 15.2 Å². The van der Waals surface area contributed by atoms with E-state index in [1.807, 2.05) is 42.5 Å². The molecule has 11 nitrogen and oxygen atoms in total. The molecule has 0 atom stereocenters. The molecule has 0 unspecified atom stereocenters. The van der Waals surface area contributed by atoms with E-state index in [-0.39, 0.29) is 5.91 Å². The Morgan fingerprint density at radius 1 is 0.854 bits per heavy atom. The molecular weight excluding hydrogens is 520 g/mol. The predicted octanol–water partition coefficient (Wildman–Crippen LogP) is 4.56. The summed E-state index contributed by atoms with van der Waals surface area (Å²) in [6.45, 7) is 1.10. The molecule has 0 spiro atoms. The van der Waals surface area contributed by atoms with Gasteiger partial charge >= 0.3 is 0 Å². The van der Waals surface area contributed by atoms with E-state index in [0.29, 0.717) is 65.4 Å². The van der Waals surface area contributed by atoms with E-state index in [1.54, 1.807) is 38.5 Å². The van der Waals surface area contributed by atoms with Gasteiger partial charge in [-0.15, -0.1) is 0 Å². The van der Waals surface area contributed by atoms with Crippen molar-refractivity contribution in [2.24, 2.45) is 0 Å². The fourth-order valence-electron chi connectivity index (χ4n) is 4.12. The van der Waals surface area contributed by atoms with Crippen molar-refractivity contribution in [3.63, 3.8) is 0 Å². The van der Waals surface area contributed by atoms with Crippen LogP contribution in [0.4, 0.5) is 29.2 Å². The highest BCUT2D eigenvalue weighted by atomic mass is 16.5. The smallest absolute Gasteiger partial charge is 0.255 e. The van der Waals surface area contributed by atoms with Crippen LogP contribution in [0.2, 0.25) is 0 Å². The largest absolute Gasteiger partial charge is 0.493 e. The minimum atomic E-state index is -0.223. The molecule has 11 heteroatoms. The molecular formula is C30H34N8O3. The first kappa shape index (κ1) is 27.5. The van der Waals surface area contributed by atoms with Crippen LogP contribution in [0, 0.1) is 0 Å². The summed E-state index contributed by atoms with van der Waals surface area (Å²) in [7, 11) is 3.25. The Labute approximate surface area is 238 Å². The number of carbonyl (C=O) groups is 1. The van der Waals surface area contributed by atoms with Gasteiger partial charge in [0.25, 0.3) is 5.91 Å². The van der Waals surface area contributed by atoms with Gasteiger partial charge < -0.3 is 36.5 Å². The second-order valence-electron chi connectivity index (χ2n) is 9.68. The highest BCUT2D eigenvalue weighted by Crippen LogP contribution is 2.28. The van der Waals surface area contributed by atoms with Gasteiger partial charge in [0.1, 0.15) is 0 Å². The Balaban J connectivity index is 1.19. The van der Waals surface area contributed by atoms with Crippen LogP contribution < -0.4 is 36.5 Å². The third-order valence-corrected chi connectivity index (χ3v) is 6.57. The number of nitrogens with zero attached hydrogens (tertiary/aromatic N) is 3. The topological polar surface area (TPSA) is 148 Å². The number of ether oxygens (including phenoxy) is 2. The zero-order chi connectivity index (χ0) is 28.6. The van der Waals surface area contributed by atoms with Crippen molar-refractivity contribution in [2.45, 2.75) is 31.8 Å². The monoisotopic (exact) mass is 554 g/mol. The third kappa shape index (κ3) is 7.53. The number of methoxy groups -OCH3 is 2. The lowest BCUT2D eigenvalue weighted by Gasteiger charge is -2.12. The molecule has 0 radical (unpaired) electrons. The number of hydrogen-bond acceptors (Lipinski definition) is 10. The van der Waals surface area contributed by atoms with Crippen molar-refractivity contribution in [1.82, 2.24) is 15.0 Å². The average molecular weight is 555 g/mol. The molecule has 3 aromatic carbocycles. The van der Waals surface area contributed by atoms with Gasteiger partial charge in [-0.3, -0.25) is 4.79 Å². The highest BCUT2D eigenvalue weighted by Gasteiger charge is 2.22. The summed E-state index contributed by atoms with van der Waals surface area (Å²) in [5, 5.41) is 12.8. The number of anilines is 5. The first-order chi connectivity index (χ1) is 20.0. The average Bonchev–Trinajstić information content (AvgIpc) is 3.81. The molecule has 4 aromatic rings. The zero-order valence-corrected chi connectivity index (χ0v) is 23.1. The Morgan fingerprint density at radius 3 is 2.24 bits per heavy atom. The first-order valence-electron chi connectivity index (χ1n) is 13.5. The Hall–Kier alpha value is -5.06. The number of hydrogen-bond donors (Lipinski definition) is 5. The number of rotatable bonds is 13. The van der Waals surface area contributed by atoms with E-state index >= 15 is 0 Å². The lowest BCUT2D eigenvalue weighted by Crippen LogP contribution is -2.15. The fraction of sp³-hybridized carbons (Fsp3) is 0.267. The molecule has 212 valence electrons. The maximum absolute atomic E-state index is 12.6. The summed E-state index contributed by atoms with van der Waals surface area (Å²) in [4.78, 5) is 26.3. The molecule has 1 fully saturated rings. The number of aromatic nitrogens is 3. The molecule has 1 amide bonds. The lowest BCUT2D eigenvalue weighted by atomic mass is 10.1. The Bertz CT molecular complexity index is 1490. The molecule has 6 N–H and O–H groups in total. The van der Waals surface area contributed by atoms with Crippen molar-refractivity contribution in [2.75, 3.05) is 47.8 Å². The van der Waals surface area contributed by atoms with Crippen LogP contribution in [-0.2, 0) is 13.0 Å². The van der Waals surface area contributed by atoms with E-state index in [2.05, 4.69) is 36.2 Å². The summed E-state index contributed by atoms with van der Waals surface area (Å²) in [6, 6.07) is 20.8. The normalized spacial score (nSPS) is 12.3. The second-order valence-corrected chi connectivity index (χ2v) is 9.68. The minimum Gasteiger partial charge on any atom is -0.493 e. The molecule has 0 aliphatic heterocycles. The van der Waals surface area contributed by atoms with E-state index in [0.717, 1.165) is 30.4 Å². The number of para-hydroxylation sites is 2. The second kappa shape index (κ2) is 12.9. The number of carbonyl (C=O) groups excluding carboxylic acids is 1.